The van der Waals surface area contributed by atoms with Crippen molar-refractivity contribution in [1.29, 1.82) is 0 Å². The van der Waals surface area contributed by atoms with E-state index in [1.54, 1.807) is 6.07 Å². The summed E-state index contributed by atoms with van der Waals surface area (Å²) in [6.07, 6.45) is -2.34. The molecule has 1 aromatic carbocycles. The molecule has 32 heavy (non-hydrogen) atoms. The molecule has 4 rings (SSSR count). The lowest BCUT2D eigenvalue weighted by Gasteiger charge is -2.39. The van der Waals surface area contributed by atoms with Crippen LogP contribution in [0.1, 0.15) is 36.2 Å². The number of alkyl halides is 3. The summed E-state index contributed by atoms with van der Waals surface area (Å²) in [6.45, 7) is 2.89. The van der Waals surface area contributed by atoms with E-state index in [9.17, 15) is 22.8 Å². The lowest BCUT2D eigenvalue weighted by atomic mass is 9.90. The second-order valence-corrected chi connectivity index (χ2v) is 7.71. The fourth-order valence-electron chi connectivity index (χ4n) is 3.84. The second-order valence-electron chi connectivity index (χ2n) is 7.71. The number of carbonyl (C=O) groups excluding carboxylic acids is 1. The predicted octanol–water partition coefficient (Wildman–Crippen LogP) is 3.24. The Morgan fingerprint density at radius 3 is 2.69 bits per heavy atom. The van der Waals surface area contributed by atoms with E-state index in [-0.39, 0.29) is 31.1 Å². The number of aromatic nitrogens is 4. The molecule has 0 unspecified atom stereocenters. The number of benzene rings is 1. The van der Waals surface area contributed by atoms with Gasteiger partial charge >= 0.3 is 17.9 Å². The zero-order valence-electron chi connectivity index (χ0n) is 17.6. The highest BCUT2D eigenvalue weighted by Crippen LogP contribution is 2.34. The zero-order chi connectivity index (χ0) is 23.0. The molecule has 0 atom stereocenters. The number of halogens is 3. The first kappa shape index (κ1) is 22.0. The summed E-state index contributed by atoms with van der Waals surface area (Å²) >= 11 is 0. The number of carbonyl (C=O) groups is 1. The van der Waals surface area contributed by atoms with Gasteiger partial charge < -0.3 is 9.64 Å². The maximum atomic E-state index is 13.1. The summed E-state index contributed by atoms with van der Waals surface area (Å²) in [7, 11) is 1.51. The van der Waals surface area contributed by atoms with Gasteiger partial charge in [-0.2, -0.15) is 13.2 Å². The van der Waals surface area contributed by atoms with Crippen LogP contribution in [-0.4, -0.2) is 50.2 Å². The Labute approximate surface area is 181 Å². The van der Waals surface area contributed by atoms with Gasteiger partial charge in [-0.25, -0.2) is 24.1 Å². The van der Waals surface area contributed by atoms with Crippen molar-refractivity contribution < 1.29 is 22.7 Å². The highest BCUT2D eigenvalue weighted by molar-refractivity contribution is 5.88. The monoisotopic (exact) mass is 449 g/mol. The van der Waals surface area contributed by atoms with Crippen LogP contribution in [0.25, 0.3) is 11.2 Å². The Morgan fingerprint density at radius 1 is 1.28 bits per heavy atom. The SMILES string of the molecule is CCCn1c(=O)n(C(=O)N2CC(c3cccc(C(F)(F)F)c3)C2)c2cnc(COC)nc21. The molecular weight excluding hydrogens is 427 g/mol. The average molecular weight is 449 g/mol. The summed E-state index contributed by atoms with van der Waals surface area (Å²) in [5.74, 6) is 0.161. The van der Waals surface area contributed by atoms with E-state index in [1.807, 2.05) is 6.92 Å². The molecule has 1 aliphatic rings. The van der Waals surface area contributed by atoms with Crippen molar-refractivity contribution in [3.8, 4) is 0 Å². The van der Waals surface area contributed by atoms with Crippen LogP contribution in [0.4, 0.5) is 18.0 Å². The number of aryl methyl sites for hydroxylation is 1. The molecule has 8 nitrogen and oxygen atoms in total. The minimum atomic E-state index is -4.43. The lowest BCUT2D eigenvalue weighted by Crippen LogP contribution is -2.52. The van der Waals surface area contributed by atoms with Gasteiger partial charge in [0.2, 0.25) is 0 Å². The summed E-state index contributed by atoms with van der Waals surface area (Å²) in [5, 5.41) is 0. The van der Waals surface area contributed by atoms with Crippen molar-refractivity contribution >= 4 is 17.2 Å². The molecule has 0 bridgehead atoms. The van der Waals surface area contributed by atoms with Crippen molar-refractivity contribution in [2.24, 2.45) is 0 Å². The Morgan fingerprint density at radius 2 is 2.03 bits per heavy atom. The molecule has 0 aliphatic carbocycles. The van der Waals surface area contributed by atoms with E-state index in [0.717, 1.165) is 16.7 Å². The van der Waals surface area contributed by atoms with E-state index < -0.39 is 23.5 Å². The Hall–Kier alpha value is -3.21. The number of hydrogen-bond acceptors (Lipinski definition) is 5. The fourth-order valence-corrected chi connectivity index (χ4v) is 3.84. The van der Waals surface area contributed by atoms with Crippen molar-refractivity contribution in [3.63, 3.8) is 0 Å². The molecule has 0 radical (unpaired) electrons. The fraction of sp³-hybridized carbons (Fsp3) is 0.429. The molecule has 0 spiro atoms. The lowest BCUT2D eigenvalue weighted by molar-refractivity contribution is -0.137. The van der Waals surface area contributed by atoms with E-state index in [4.69, 9.17) is 4.74 Å². The number of methoxy groups -OCH3 is 1. The van der Waals surface area contributed by atoms with Gasteiger partial charge in [0.05, 0.1) is 11.8 Å². The minimum absolute atomic E-state index is 0.167. The van der Waals surface area contributed by atoms with Crippen molar-refractivity contribution in [3.05, 3.63) is 57.9 Å². The molecule has 2 aromatic heterocycles. The molecule has 1 aliphatic heterocycles. The van der Waals surface area contributed by atoms with Crippen molar-refractivity contribution in [1.82, 2.24) is 24.0 Å². The molecular formula is C21H22F3N5O3. The van der Waals surface area contributed by atoms with E-state index in [0.29, 0.717) is 30.0 Å². The standard InChI is InChI=1S/C21H22F3N5O3/c1-3-7-28-18-16(9-25-17(26-18)12-32-2)29(20(28)31)19(30)27-10-14(11-27)13-5-4-6-15(8-13)21(22,23)24/h4-6,8-9,14H,3,7,10-12H2,1-2H3. The molecule has 1 fully saturated rings. The Kier molecular flexibility index (Phi) is 5.76. The molecule has 170 valence electrons. The van der Waals surface area contributed by atoms with E-state index >= 15 is 0 Å². The van der Waals surface area contributed by atoms with Gasteiger partial charge in [0.25, 0.3) is 0 Å². The Bertz CT molecular complexity index is 1210. The van der Waals surface area contributed by atoms with Gasteiger partial charge in [0, 0.05) is 32.7 Å². The number of rotatable bonds is 5. The Balaban J connectivity index is 1.60. The van der Waals surface area contributed by atoms with Crippen molar-refractivity contribution in [2.45, 2.75) is 38.6 Å². The predicted molar refractivity (Wildman–Crippen MR) is 109 cm³/mol. The van der Waals surface area contributed by atoms with Crippen LogP contribution in [0.2, 0.25) is 0 Å². The van der Waals surface area contributed by atoms with Gasteiger partial charge in [-0.3, -0.25) is 4.57 Å². The number of hydrogen-bond donors (Lipinski definition) is 0. The normalized spacial score (nSPS) is 14.7. The highest BCUT2D eigenvalue weighted by Gasteiger charge is 2.36. The summed E-state index contributed by atoms with van der Waals surface area (Å²) in [4.78, 5) is 36.1. The maximum Gasteiger partial charge on any atom is 0.416 e. The van der Waals surface area contributed by atoms with Crippen LogP contribution < -0.4 is 5.69 Å². The number of amides is 1. The van der Waals surface area contributed by atoms with Crippen LogP contribution >= 0.6 is 0 Å². The summed E-state index contributed by atoms with van der Waals surface area (Å²) in [5.41, 5.74) is -0.0870. The molecule has 3 aromatic rings. The van der Waals surface area contributed by atoms with Gasteiger partial charge in [0.15, 0.2) is 11.5 Å². The first-order valence-corrected chi connectivity index (χ1v) is 10.2. The molecule has 3 heterocycles. The van der Waals surface area contributed by atoms with Crippen LogP contribution in [0.5, 0.6) is 0 Å². The average Bonchev–Trinajstić information content (AvgIpc) is 2.98. The van der Waals surface area contributed by atoms with Gasteiger partial charge in [-0.15, -0.1) is 0 Å². The second kappa shape index (κ2) is 8.38. The molecule has 1 saturated heterocycles. The van der Waals surface area contributed by atoms with E-state index in [1.165, 1.54) is 28.8 Å². The van der Waals surface area contributed by atoms with Gasteiger partial charge in [-0.05, 0) is 18.1 Å². The first-order valence-electron chi connectivity index (χ1n) is 10.2. The number of ether oxygens (including phenoxy) is 1. The van der Waals surface area contributed by atoms with Gasteiger partial charge in [-0.1, -0.05) is 25.1 Å². The quantitative estimate of drug-likeness (QED) is 0.597. The maximum absolute atomic E-state index is 13.1. The summed E-state index contributed by atoms with van der Waals surface area (Å²) < 4.78 is 46.5. The van der Waals surface area contributed by atoms with Crippen LogP contribution in [0.3, 0.4) is 0 Å². The topological polar surface area (TPSA) is 82.2 Å². The van der Waals surface area contributed by atoms with Crippen LogP contribution in [0.15, 0.2) is 35.3 Å². The van der Waals surface area contributed by atoms with Crippen molar-refractivity contribution in [2.75, 3.05) is 20.2 Å². The number of nitrogens with zero attached hydrogens (tertiary/aromatic N) is 5. The summed E-state index contributed by atoms with van der Waals surface area (Å²) in [6, 6.07) is 4.57. The third kappa shape index (κ3) is 3.88. The largest absolute Gasteiger partial charge is 0.416 e. The van der Waals surface area contributed by atoms with Gasteiger partial charge in [0.1, 0.15) is 12.1 Å². The van der Waals surface area contributed by atoms with Crippen LogP contribution in [-0.2, 0) is 24.1 Å². The first-order chi connectivity index (χ1) is 15.2. The van der Waals surface area contributed by atoms with Crippen LogP contribution in [0, 0.1) is 0 Å². The number of fused-ring (bicyclic) bond motifs is 1. The smallest absolute Gasteiger partial charge is 0.377 e. The molecule has 0 saturated carbocycles. The zero-order valence-corrected chi connectivity index (χ0v) is 17.6. The number of imidazole rings is 1. The minimum Gasteiger partial charge on any atom is -0.377 e. The third-order valence-corrected chi connectivity index (χ3v) is 5.47. The molecule has 1 amide bonds. The number of likely N-dealkylation sites (tertiary alicyclic amines) is 1. The highest BCUT2D eigenvalue weighted by atomic mass is 19.4. The molecule has 11 heteroatoms. The molecule has 0 N–H and O–H groups in total. The third-order valence-electron chi connectivity index (χ3n) is 5.47. The van der Waals surface area contributed by atoms with E-state index in [2.05, 4.69) is 9.97 Å².